The van der Waals surface area contributed by atoms with Gasteiger partial charge in [0.2, 0.25) is 0 Å². The molecule has 74 valence electrons. The van der Waals surface area contributed by atoms with Crippen LogP contribution >= 0.6 is 34.5 Å². The average molecular weight is 248 g/mol. The number of aromatic nitrogens is 1. The second kappa shape index (κ2) is 4.03. The molecule has 0 saturated heterocycles. The SMILES string of the molecule is OCCc1nc2c(Cl)c(Cl)ccc2s1. The summed E-state index contributed by atoms with van der Waals surface area (Å²) < 4.78 is 1.00. The maximum absolute atomic E-state index is 8.78. The van der Waals surface area contributed by atoms with Gasteiger partial charge in [-0.05, 0) is 12.1 Å². The topological polar surface area (TPSA) is 33.1 Å². The van der Waals surface area contributed by atoms with Gasteiger partial charge in [-0.25, -0.2) is 4.98 Å². The molecule has 0 amide bonds. The van der Waals surface area contributed by atoms with Crippen LogP contribution in [0.2, 0.25) is 10.0 Å². The van der Waals surface area contributed by atoms with E-state index in [1.54, 1.807) is 6.07 Å². The lowest BCUT2D eigenvalue weighted by molar-refractivity contribution is 0.299. The predicted molar refractivity (Wildman–Crippen MR) is 60.4 cm³/mol. The highest BCUT2D eigenvalue weighted by Crippen LogP contribution is 2.33. The lowest BCUT2D eigenvalue weighted by Crippen LogP contribution is -1.87. The van der Waals surface area contributed by atoms with Crippen LogP contribution in [0.3, 0.4) is 0 Å². The summed E-state index contributed by atoms with van der Waals surface area (Å²) >= 11 is 13.4. The molecule has 0 fully saturated rings. The molecule has 14 heavy (non-hydrogen) atoms. The smallest absolute Gasteiger partial charge is 0.102 e. The molecule has 0 aliphatic carbocycles. The number of hydrogen-bond acceptors (Lipinski definition) is 3. The molecule has 0 saturated carbocycles. The van der Waals surface area contributed by atoms with Gasteiger partial charge in [0.25, 0.3) is 0 Å². The van der Waals surface area contributed by atoms with E-state index in [1.165, 1.54) is 11.3 Å². The van der Waals surface area contributed by atoms with E-state index in [4.69, 9.17) is 28.3 Å². The molecule has 0 aliphatic rings. The van der Waals surface area contributed by atoms with E-state index in [1.807, 2.05) is 6.07 Å². The standard InChI is InChI=1S/C9H7Cl2NOS/c10-5-1-2-6-9(8(5)11)12-7(14-6)3-4-13/h1-2,13H,3-4H2. The fourth-order valence-electron chi connectivity index (χ4n) is 1.19. The van der Waals surface area contributed by atoms with E-state index in [0.717, 1.165) is 15.2 Å². The molecule has 1 aromatic carbocycles. The minimum atomic E-state index is 0.102. The number of aliphatic hydroxyl groups excluding tert-OH is 1. The maximum Gasteiger partial charge on any atom is 0.102 e. The van der Waals surface area contributed by atoms with Crippen molar-refractivity contribution >= 4 is 44.8 Å². The van der Waals surface area contributed by atoms with E-state index in [9.17, 15) is 0 Å². The van der Waals surface area contributed by atoms with Crippen LogP contribution in [-0.4, -0.2) is 16.7 Å². The van der Waals surface area contributed by atoms with Crippen LogP contribution in [0.5, 0.6) is 0 Å². The molecule has 0 radical (unpaired) electrons. The number of benzene rings is 1. The molecule has 2 nitrogen and oxygen atoms in total. The average Bonchev–Trinajstić information content (AvgIpc) is 2.56. The van der Waals surface area contributed by atoms with Crippen molar-refractivity contribution in [2.24, 2.45) is 0 Å². The van der Waals surface area contributed by atoms with Gasteiger partial charge in [-0.15, -0.1) is 11.3 Å². The third kappa shape index (κ3) is 1.73. The molecule has 0 bridgehead atoms. The van der Waals surface area contributed by atoms with E-state index in [0.29, 0.717) is 16.5 Å². The van der Waals surface area contributed by atoms with E-state index in [2.05, 4.69) is 4.98 Å². The van der Waals surface area contributed by atoms with Crippen LogP contribution in [0.4, 0.5) is 0 Å². The first kappa shape index (κ1) is 10.2. The third-order valence-corrected chi connectivity index (χ3v) is 3.70. The second-order valence-corrected chi connectivity index (χ2v) is 4.69. The molecular formula is C9H7Cl2NOS. The Hall–Kier alpha value is -0.350. The lowest BCUT2D eigenvalue weighted by Gasteiger charge is -1.93. The molecule has 1 N–H and O–H groups in total. The Morgan fingerprint density at radius 1 is 1.36 bits per heavy atom. The minimum absolute atomic E-state index is 0.102. The molecule has 2 aromatic rings. The van der Waals surface area contributed by atoms with Gasteiger partial charge in [0.15, 0.2) is 0 Å². The lowest BCUT2D eigenvalue weighted by atomic mass is 10.3. The van der Waals surface area contributed by atoms with Crippen LogP contribution in [0.25, 0.3) is 10.2 Å². The first-order valence-electron chi connectivity index (χ1n) is 4.06. The Balaban J connectivity index is 2.59. The Morgan fingerprint density at radius 2 is 2.14 bits per heavy atom. The molecular weight excluding hydrogens is 241 g/mol. The zero-order chi connectivity index (χ0) is 10.1. The van der Waals surface area contributed by atoms with Crippen LogP contribution in [-0.2, 0) is 6.42 Å². The summed E-state index contributed by atoms with van der Waals surface area (Å²) in [6.07, 6.45) is 0.563. The van der Waals surface area contributed by atoms with Crippen LogP contribution in [0.15, 0.2) is 12.1 Å². The maximum atomic E-state index is 8.78. The fraction of sp³-hybridized carbons (Fsp3) is 0.222. The molecule has 2 rings (SSSR count). The van der Waals surface area contributed by atoms with Gasteiger partial charge in [0.1, 0.15) is 5.52 Å². The van der Waals surface area contributed by atoms with Crippen LogP contribution < -0.4 is 0 Å². The Morgan fingerprint density at radius 3 is 2.86 bits per heavy atom. The molecule has 0 atom stereocenters. The number of rotatable bonds is 2. The number of thiazole rings is 1. The van der Waals surface area contributed by atoms with Crippen molar-refractivity contribution in [3.8, 4) is 0 Å². The molecule has 0 aliphatic heterocycles. The summed E-state index contributed by atoms with van der Waals surface area (Å²) in [7, 11) is 0. The Labute approximate surface area is 95.1 Å². The second-order valence-electron chi connectivity index (χ2n) is 2.79. The highest BCUT2D eigenvalue weighted by atomic mass is 35.5. The third-order valence-electron chi connectivity index (χ3n) is 1.82. The van der Waals surface area contributed by atoms with Gasteiger partial charge >= 0.3 is 0 Å². The normalized spacial score (nSPS) is 11.1. The zero-order valence-electron chi connectivity index (χ0n) is 7.13. The number of fused-ring (bicyclic) bond motifs is 1. The quantitative estimate of drug-likeness (QED) is 0.885. The largest absolute Gasteiger partial charge is 0.396 e. The zero-order valence-corrected chi connectivity index (χ0v) is 9.46. The Bertz CT molecular complexity index is 469. The van der Waals surface area contributed by atoms with Gasteiger partial charge < -0.3 is 5.11 Å². The Kier molecular flexibility index (Phi) is 2.93. The van der Waals surface area contributed by atoms with Crippen LogP contribution in [0, 0.1) is 0 Å². The van der Waals surface area contributed by atoms with Crippen molar-refractivity contribution in [2.75, 3.05) is 6.61 Å². The number of nitrogens with zero attached hydrogens (tertiary/aromatic N) is 1. The molecule has 5 heteroatoms. The van der Waals surface area contributed by atoms with Crippen molar-refractivity contribution in [3.63, 3.8) is 0 Å². The number of halogens is 2. The van der Waals surface area contributed by atoms with E-state index >= 15 is 0 Å². The van der Waals surface area contributed by atoms with Gasteiger partial charge in [-0.3, -0.25) is 0 Å². The van der Waals surface area contributed by atoms with Crippen LogP contribution in [0.1, 0.15) is 5.01 Å². The van der Waals surface area contributed by atoms with Crippen molar-refractivity contribution in [1.29, 1.82) is 0 Å². The van der Waals surface area contributed by atoms with Gasteiger partial charge in [0, 0.05) is 13.0 Å². The fourth-order valence-corrected chi connectivity index (χ4v) is 2.57. The summed E-state index contributed by atoms with van der Waals surface area (Å²) in [5.41, 5.74) is 0.729. The number of hydrogen-bond donors (Lipinski definition) is 1. The van der Waals surface area contributed by atoms with Crippen molar-refractivity contribution in [3.05, 3.63) is 27.2 Å². The summed E-state index contributed by atoms with van der Waals surface area (Å²) in [4.78, 5) is 4.30. The summed E-state index contributed by atoms with van der Waals surface area (Å²) in [5.74, 6) is 0. The summed E-state index contributed by atoms with van der Waals surface area (Å²) in [6, 6.07) is 3.65. The highest BCUT2D eigenvalue weighted by Gasteiger charge is 2.09. The van der Waals surface area contributed by atoms with Crippen molar-refractivity contribution in [2.45, 2.75) is 6.42 Å². The molecule has 0 spiro atoms. The molecule has 1 heterocycles. The first-order chi connectivity index (χ1) is 6.72. The summed E-state index contributed by atoms with van der Waals surface area (Å²) in [5, 5.41) is 10.7. The van der Waals surface area contributed by atoms with E-state index < -0.39 is 0 Å². The van der Waals surface area contributed by atoms with Crippen molar-refractivity contribution in [1.82, 2.24) is 4.98 Å². The van der Waals surface area contributed by atoms with Gasteiger partial charge in [-0.1, -0.05) is 23.2 Å². The molecule has 1 aromatic heterocycles. The monoisotopic (exact) mass is 247 g/mol. The van der Waals surface area contributed by atoms with Crippen molar-refractivity contribution < 1.29 is 5.11 Å². The first-order valence-corrected chi connectivity index (χ1v) is 5.64. The molecule has 0 unspecified atom stereocenters. The van der Waals surface area contributed by atoms with Gasteiger partial charge in [-0.2, -0.15) is 0 Å². The van der Waals surface area contributed by atoms with E-state index in [-0.39, 0.29) is 6.61 Å². The number of aliphatic hydroxyl groups is 1. The minimum Gasteiger partial charge on any atom is -0.396 e. The summed E-state index contributed by atoms with van der Waals surface area (Å²) in [6.45, 7) is 0.102. The van der Waals surface area contributed by atoms with Gasteiger partial charge in [0.05, 0.1) is 19.8 Å². The predicted octanol–water partition coefficient (Wildman–Crippen LogP) is 3.14. The highest BCUT2D eigenvalue weighted by molar-refractivity contribution is 7.18.